The van der Waals surface area contributed by atoms with Crippen LogP contribution in [0.4, 0.5) is 5.82 Å². The van der Waals surface area contributed by atoms with Gasteiger partial charge in [0.05, 0.1) is 12.9 Å². The summed E-state index contributed by atoms with van der Waals surface area (Å²) in [6.07, 6.45) is -1.16. The molecule has 9 nitrogen and oxygen atoms in total. The molecule has 0 aliphatic carbocycles. The van der Waals surface area contributed by atoms with E-state index in [0.29, 0.717) is 23.5 Å². The van der Waals surface area contributed by atoms with E-state index < -0.39 is 24.5 Å². The van der Waals surface area contributed by atoms with Crippen molar-refractivity contribution in [3.8, 4) is 0 Å². The Hall–Kier alpha value is -1.81. The zero-order valence-corrected chi connectivity index (χ0v) is 11.4. The highest BCUT2D eigenvalue weighted by Gasteiger charge is 2.43. The Labute approximate surface area is 120 Å². The molecular formula is C12H17N5O4. The summed E-state index contributed by atoms with van der Waals surface area (Å²) in [4.78, 5) is 12.5. The van der Waals surface area contributed by atoms with Gasteiger partial charge in [-0.3, -0.25) is 4.57 Å². The minimum Gasteiger partial charge on any atom is -0.394 e. The molecule has 0 saturated carbocycles. The molecule has 9 heteroatoms. The number of aliphatic hydroxyl groups is 3. The van der Waals surface area contributed by atoms with E-state index >= 15 is 0 Å². The van der Waals surface area contributed by atoms with Crippen molar-refractivity contribution >= 4 is 17.0 Å². The Balaban J connectivity index is 2.00. The van der Waals surface area contributed by atoms with Crippen LogP contribution in [0.1, 0.15) is 13.2 Å². The molecule has 1 saturated heterocycles. The molecule has 3 rings (SSSR count). The molecule has 1 fully saturated rings. The largest absolute Gasteiger partial charge is 0.394 e. The van der Waals surface area contributed by atoms with Crippen LogP contribution in [0.3, 0.4) is 0 Å². The number of aliphatic hydroxyl groups excluding tert-OH is 3. The summed E-state index contributed by atoms with van der Waals surface area (Å²) in [6, 6.07) is 0. The standard InChI is InChI=1S/C12H17N5O4/c1-2-13-10-7-11(15-4-14-10)17(5-16-7)12-9(20)8(19)6(3-18)21-12/h4-6,8-9,12,18-20H,2-3H2,1H3,(H,13,14,15)/t6-,8-,9-,12-/m1/s1. The van der Waals surface area contributed by atoms with E-state index in [-0.39, 0.29) is 6.61 Å². The predicted octanol–water partition coefficient (Wildman–Crippen LogP) is -1.13. The topological polar surface area (TPSA) is 126 Å². The molecule has 114 valence electrons. The molecule has 2 aromatic rings. The van der Waals surface area contributed by atoms with E-state index in [9.17, 15) is 10.2 Å². The van der Waals surface area contributed by atoms with Crippen molar-refractivity contribution in [2.24, 2.45) is 0 Å². The highest BCUT2D eigenvalue weighted by atomic mass is 16.6. The molecule has 1 aliphatic heterocycles. The monoisotopic (exact) mass is 295 g/mol. The highest BCUT2D eigenvalue weighted by Crippen LogP contribution is 2.31. The van der Waals surface area contributed by atoms with Crippen LogP contribution in [0.2, 0.25) is 0 Å². The smallest absolute Gasteiger partial charge is 0.167 e. The molecule has 0 unspecified atom stereocenters. The molecule has 1 aliphatic rings. The summed E-state index contributed by atoms with van der Waals surface area (Å²) in [5.74, 6) is 0.591. The van der Waals surface area contributed by atoms with Gasteiger partial charge >= 0.3 is 0 Å². The number of ether oxygens (including phenoxy) is 1. The molecule has 3 heterocycles. The Morgan fingerprint density at radius 1 is 1.29 bits per heavy atom. The SMILES string of the molecule is CCNc1ncnc2c1ncn2[C@@H]1O[C@H](CO)[C@@H](O)[C@H]1O. The van der Waals surface area contributed by atoms with Gasteiger partial charge in [0.25, 0.3) is 0 Å². The Morgan fingerprint density at radius 3 is 2.76 bits per heavy atom. The summed E-state index contributed by atoms with van der Waals surface area (Å²) in [7, 11) is 0. The fraction of sp³-hybridized carbons (Fsp3) is 0.583. The van der Waals surface area contributed by atoms with Crippen LogP contribution in [0.15, 0.2) is 12.7 Å². The van der Waals surface area contributed by atoms with Crippen LogP contribution in [-0.4, -0.2) is 66.3 Å². The lowest BCUT2D eigenvalue weighted by Crippen LogP contribution is -2.33. The van der Waals surface area contributed by atoms with Gasteiger partial charge in [-0.05, 0) is 6.92 Å². The third-order valence-corrected chi connectivity index (χ3v) is 3.49. The van der Waals surface area contributed by atoms with Crippen LogP contribution >= 0.6 is 0 Å². The summed E-state index contributed by atoms with van der Waals surface area (Å²) in [5, 5.41) is 32.1. The second-order valence-electron chi connectivity index (χ2n) is 4.81. The van der Waals surface area contributed by atoms with Crippen molar-refractivity contribution in [2.75, 3.05) is 18.5 Å². The van der Waals surface area contributed by atoms with Gasteiger partial charge in [-0.2, -0.15) is 0 Å². The number of hydrogen-bond donors (Lipinski definition) is 4. The lowest BCUT2D eigenvalue weighted by molar-refractivity contribution is -0.0511. The molecule has 4 N–H and O–H groups in total. The van der Waals surface area contributed by atoms with Gasteiger partial charge in [-0.1, -0.05) is 0 Å². The number of fused-ring (bicyclic) bond motifs is 1. The average Bonchev–Trinajstić information content (AvgIpc) is 3.03. The first-order valence-electron chi connectivity index (χ1n) is 6.71. The first-order valence-corrected chi connectivity index (χ1v) is 6.71. The maximum absolute atomic E-state index is 10.1. The predicted molar refractivity (Wildman–Crippen MR) is 72.5 cm³/mol. The third-order valence-electron chi connectivity index (χ3n) is 3.49. The van der Waals surface area contributed by atoms with Crippen molar-refractivity contribution < 1.29 is 20.1 Å². The number of anilines is 1. The summed E-state index contributed by atoms with van der Waals surface area (Å²) < 4.78 is 7.01. The lowest BCUT2D eigenvalue weighted by atomic mass is 10.1. The van der Waals surface area contributed by atoms with E-state index in [4.69, 9.17) is 9.84 Å². The normalized spacial score (nSPS) is 29.1. The van der Waals surface area contributed by atoms with Gasteiger partial charge in [-0.25, -0.2) is 15.0 Å². The zero-order chi connectivity index (χ0) is 15.0. The maximum atomic E-state index is 10.1. The summed E-state index contributed by atoms with van der Waals surface area (Å²) in [6.45, 7) is 2.25. The number of nitrogens with zero attached hydrogens (tertiary/aromatic N) is 4. The minimum atomic E-state index is -1.17. The fourth-order valence-corrected chi connectivity index (χ4v) is 2.44. The fourth-order valence-electron chi connectivity index (χ4n) is 2.44. The zero-order valence-electron chi connectivity index (χ0n) is 11.4. The van der Waals surface area contributed by atoms with E-state index in [2.05, 4.69) is 20.3 Å². The highest BCUT2D eigenvalue weighted by molar-refractivity contribution is 5.82. The molecule has 0 spiro atoms. The molecule has 21 heavy (non-hydrogen) atoms. The molecule has 0 radical (unpaired) electrons. The van der Waals surface area contributed by atoms with Gasteiger partial charge < -0.3 is 25.4 Å². The van der Waals surface area contributed by atoms with Crippen LogP contribution in [-0.2, 0) is 4.74 Å². The maximum Gasteiger partial charge on any atom is 0.167 e. The average molecular weight is 295 g/mol. The number of aromatic nitrogens is 4. The Morgan fingerprint density at radius 2 is 2.10 bits per heavy atom. The number of nitrogens with one attached hydrogen (secondary N) is 1. The third kappa shape index (κ3) is 2.23. The van der Waals surface area contributed by atoms with Crippen LogP contribution in [0.25, 0.3) is 11.2 Å². The van der Waals surface area contributed by atoms with Gasteiger partial charge in [0.2, 0.25) is 0 Å². The Kier molecular flexibility index (Phi) is 3.72. The van der Waals surface area contributed by atoms with Crippen molar-refractivity contribution in [1.82, 2.24) is 19.5 Å². The summed E-state index contributed by atoms with van der Waals surface area (Å²) in [5.41, 5.74) is 1.04. The van der Waals surface area contributed by atoms with Crippen molar-refractivity contribution in [2.45, 2.75) is 31.5 Å². The minimum absolute atomic E-state index is 0.376. The molecule has 0 aromatic carbocycles. The van der Waals surface area contributed by atoms with Crippen LogP contribution in [0, 0.1) is 0 Å². The van der Waals surface area contributed by atoms with Crippen molar-refractivity contribution in [1.29, 1.82) is 0 Å². The van der Waals surface area contributed by atoms with E-state index in [1.807, 2.05) is 6.92 Å². The number of rotatable bonds is 4. The van der Waals surface area contributed by atoms with Crippen LogP contribution in [0.5, 0.6) is 0 Å². The quantitative estimate of drug-likeness (QED) is 0.558. The van der Waals surface area contributed by atoms with Crippen molar-refractivity contribution in [3.63, 3.8) is 0 Å². The molecule has 4 atom stereocenters. The molecular weight excluding hydrogens is 278 g/mol. The van der Waals surface area contributed by atoms with Gasteiger partial charge in [-0.15, -0.1) is 0 Å². The molecule has 0 amide bonds. The number of hydrogen-bond acceptors (Lipinski definition) is 8. The lowest BCUT2D eigenvalue weighted by Gasteiger charge is -2.16. The van der Waals surface area contributed by atoms with Crippen LogP contribution < -0.4 is 5.32 Å². The van der Waals surface area contributed by atoms with E-state index in [1.54, 1.807) is 0 Å². The second-order valence-corrected chi connectivity index (χ2v) is 4.81. The number of imidazole rings is 1. The van der Waals surface area contributed by atoms with Gasteiger partial charge in [0.15, 0.2) is 23.2 Å². The molecule has 0 bridgehead atoms. The first-order chi connectivity index (χ1) is 10.2. The molecule has 2 aromatic heterocycles. The Bertz CT molecular complexity index is 633. The first kappa shape index (κ1) is 14.1. The van der Waals surface area contributed by atoms with Gasteiger partial charge in [0, 0.05) is 6.54 Å². The summed E-state index contributed by atoms with van der Waals surface area (Å²) >= 11 is 0. The van der Waals surface area contributed by atoms with E-state index in [0.717, 1.165) is 0 Å². The van der Waals surface area contributed by atoms with Gasteiger partial charge in [0.1, 0.15) is 24.6 Å². The van der Waals surface area contributed by atoms with E-state index in [1.165, 1.54) is 17.2 Å². The second kappa shape index (κ2) is 5.53. The van der Waals surface area contributed by atoms with Crippen molar-refractivity contribution in [3.05, 3.63) is 12.7 Å².